The molecule has 0 spiro atoms. The third kappa shape index (κ3) is 3.01. The number of carbonyl (C=O) groups is 1. The highest BCUT2D eigenvalue weighted by Gasteiger charge is 2.51. The predicted octanol–water partition coefficient (Wildman–Crippen LogP) is 2.36. The van der Waals surface area contributed by atoms with Gasteiger partial charge in [0.15, 0.2) is 5.82 Å². The maximum absolute atomic E-state index is 12.8. The number of hydrogen-bond acceptors (Lipinski definition) is 4. The average molecular weight is 340 g/mol. The van der Waals surface area contributed by atoms with Crippen molar-refractivity contribution >= 4 is 5.91 Å². The number of methoxy groups -OCH3 is 1. The van der Waals surface area contributed by atoms with Gasteiger partial charge in [-0.2, -0.15) is 0 Å². The number of nitrogens with zero attached hydrogens (tertiary/aromatic N) is 3. The molecule has 1 amide bonds. The predicted molar refractivity (Wildman–Crippen MR) is 93.3 cm³/mol. The molecule has 2 aromatic rings. The molecule has 1 aliphatic carbocycles. The Labute approximate surface area is 147 Å². The van der Waals surface area contributed by atoms with E-state index in [4.69, 9.17) is 4.74 Å². The molecule has 6 nitrogen and oxygen atoms in total. The zero-order valence-corrected chi connectivity index (χ0v) is 14.6. The van der Waals surface area contributed by atoms with Crippen LogP contribution in [0, 0.1) is 0 Å². The summed E-state index contributed by atoms with van der Waals surface area (Å²) in [5.41, 5.74) is 0.625. The number of benzene rings is 1. The molecule has 6 heteroatoms. The minimum atomic E-state index is -0.407. The molecule has 0 unspecified atom stereocenters. The smallest absolute Gasteiger partial charge is 0.231 e. The van der Waals surface area contributed by atoms with E-state index in [2.05, 4.69) is 20.1 Å². The molecule has 1 aliphatic heterocycles. The van der Waals surface area contributed by atoms with E-state index in [0.29, 0.717) is 6.54 Å². The van der Waals surface area contributed by atoms with Gasteiger partial charge in [-0.05, 0) is 43.4 Å². The number of fused-ring (bicyclic) bond motifs is 1. The number of hydrogen-bond donors (Lipinski definition) is 1. The Kier molecular flexibility index (Phi) is 4.19. The molecule has 25 heavy (non-hydrogen) atoms. The van der Waals surface area contributed by atoms with E-state index in [1.165, 1.54) is 12.8 Å². The highest BCUT2D eigenvalue weighted by Crippen LogP contribution is 2.49. The minimum Gasteiger partial charge on any atom is -0.497 e. The van der Waals surface area contributed by atoms with E-state index >= 15 is 0 Å². The van der Waals surface area contributed by atoms with Gasteiger partial charge < -0.3 is 14.6 Å². The van der Waals surface area contributed by atoms with Crippen molar-refractivity contribution < 1.29 is 9.53 Å². The maximum atomic E-state index is 12.8. The summed E-state index contributed by atoms with van der Waals surface area (Å²) >= 11 is 0. The fourth-order valence-electron chi connectivity index (χ4n) is 3.70. The SMILES string of the molecule is COc1cccc(C2(C(=O)NCc3nnc4n3CCCCC4)CC2)c1. The second-order valence-corrected chi connectivity index (χ2v) is 6.99. The number of amides is 1. The molecule has 1 saturated carbocycles. The standard InChI is InChI=1S/C19H24N4O2/c1-25-15-7-5-6-14(12-15)19(9-10-19)18(24)20-13-17-22-21-16-8-3-2-4-11-23(16)17/h5-7,12H,2-4,8-11,13H2,1H3,(H,20,24). The molecule has 1 aromatic carbocycles. The zero-order chi connectivity index (χ0) is 17.3. The second-order valence-electron chi connectivity index (χ2n) is 6.99. The summed E-state index contributed by atoms with van der Waals surface area (Å²) in [6, 6.07) is 7.83. The number of carbonyl (C=O) groups excluding carboxylic acids is 1. The molecule has 0 bridgehead atoms. The Bertz CT molecular complexity index is 779. The molecule has 1 N–H and O–H groups in total. The highest BCUT2D eigenvalue weighted by molar-refractivity contribution is 5.91. The first-order valence-electron chi connectivity index (χ1n) is 9.07. The van der Waals surface area contributed by atoms with Crippen LogP contribution in [0.25, 0.3) is 0 Å². The monoisotopic (exact) mass is 340 g/mol. The van der Waals surface area contributed by atoms with Crippen molar-refractivity contribution in [3.05, 3.63) is 41.5 Å². The van der Waals surface area contributed by atoms with Crippen molar-refractivity contribution in [3.63, 3.8) is 0 Å². The summed E-state index contributed by atoms with van der Waals surface area (Å²) in [5.74, 6) is 2.79. The van der Waals surface area contributed by atoms with Crippen LogP contribution in [-0.4, -0.2) is 27.8 Å². The third-order valence-corrected chi connectivity index (χ3v) is 5.40. The number of aromatic nitrogens is 3. The Balaban J connectivity index is 1.46. The summed E-state index contributed by atoms with van der Waals surface area (Å²) in [6.07, 6.45) is 6.29. The van der Waals surface area contributed by atoms with Crippen LogP contribution < -0.4 is 10.1 Å². The summed E-state index contributed by atoms with van der Waals surface area (Å²) in [7, 11) is 1.65. The molecular weight excluding hydrogens is 316 g/mol. The lowest BCUT2D eigenvalue weighted by molar-refractivity contribution is -0.123. The van der Waals surface area contributed by atoms with Crippen LogP contribution in [-0.2, 0) is 29.7 Å². The van der Waals surface area contributed by atoms with Gasteiger partial charge in [0.2, 0.25) is 5.91 Å². The summed E-state index contributed by atoms with van der Waals surface area (Å²) < 4.78 is 7.48. The van der Waals surface area contributed by atoms with Crippen molar-refractivity contribution in [1.82, 2.24) is 20.1 Å². The van der Waals surface area contributed by atoms with Crippen LogP contribution in [0.4, 0.5) is 0 Å². The van der Waals surface area contributed by atoms with Crippen molar-refractivity contribution in [1.29, 1.82) is 0 Å². The van der Waals surface area contributed by atoms with E-state index in [1.54, 1.807) is 7.11 Å². The number of nitrogens with one attached hydrogen (secondary N) is 1. The van der Waals surface area contributed by atoms with E-state index < -0.39 is 5.41 Å². The third-order valence-electron chi connectivity index (χ3n) is 5.40. The van der Waals surface area contributed by atoms with Crippen LogP contribution in [0.15, 0.2) is 24.3 Å². The lowest BCUT2D eigenvalue weighted by Gasteiger charge is -2.16. The highest BCUT2D eigenvalue weighted by atomic mass is 16.5. The number of rotatable bonds is 5. The first-order valence-corrected chi connectivity index (χ1v) is 9.07. The fourth-order valence-corrected chi connectivity index (χ4v) is 3.70. The first-order chi connectivity index (χ1) is 12.2. The topological polar surface area (TPSA) is 69.0 Å². The quantitative estimate of drug-likeness (QED) is 0.907. The maximum Gasteiger partial charge on any atom is 0.231 e. The fraction of sp³-hybridized carbons (Fsp3) is 0.526. The molecule has 0 saturated heterocycles. The summed E-state index contributed by atoms with van der Waals surface area (Å²) in [4.78, 5) is 12.8. The average Bonchev–Trinajstić information content (AvgIpc) is 3.42. The molecule has 1 aromatic heterocycles. The molecule has 4 rings (SSSR count). The van der Waals surface area contributed by atoms with Gasteiger partial charge in [0.05, 0.1) is 19.1 Å². The van der Waals surface area contributed by atoms with Gasteiger partial charge in [0, 0.05) is 13.0 Å². The van der Waals surface area contributed by atoms with Gasteiger partial charge in [0.1, 0.15) is 11.6 Å². The van der Waals surface area contributed by atoms with E-state index in [9.17, 15) is 4.79 Å². The van der Waals surface area contributed by atoms with Crippen molar-refractivity contribution in [2.24, 2.45) is 0 Å². The van der Waals surface area contributed by atoms with E-state index in [1.807, 2.05) is 24.3 Å². The molecule has 132 valence electrons. The van der Waals surface area contributed by atoms with Crippen molar-refractivity contribution in [2.75, 3.05) is 7.11 Å². The van der Waals surface area contributed by atoms with E-state index in [0.717, 1.165) is 55.2 Å². The summed E-state index contributed by atoms with van der Waals surface area (Å²) in [6.45, 7) is 1.39. The number of aryl methyl sites for hydroxylation is 1. The van der Waals surface area contributed by atoms with Gasteiger partial charge >= 0.3 is 0 Å². The molecule has 0 radical (unpaired) electrons. The lowest BCUT2D eigenvalue weighted by atomic mass is 9.95. The second kappa shape index (κ2) is 6.50. The van der Waals surface area contributed by atoms with Crippen LogP contribution in [0.5, 0.6) is 5.75 Å². The Morgan fingerprint density at radius 3 is 2.96 bits per heavy atom. The van der Waals surface area contributed by atoms with Crippen LogP contribution >= 0.6 is 0 Å². The Morgan fingerprint density at radius 1 is 1.28 bits per heavy atom. The lowest BCUT2D eigenvalue weighted by Crippen LogP contribution is -2.35. The van der Waals surface area contributed by atoms with Gasteiger partial charge in [0.25, 0.3) is 0 Å². The largest absolute Gasteiger partial charge is 0.497 e. The van der Waals surface area contributed by atoms with Crippen LogP contribution in [0.2, 0.25) is 0 Å². The molecule has 1 fully saturated rings. The normalized spacial score (nSPS) is 18.1. The van der Waals surface area contributed by atoms with E-state index in [-0.39, 0.29) is 5.91 Å². The molecule has 2 aliphatic rings. The Morgan fingerprint density at radius 2 is 2.16 bits per heavy atom. The zero-order valence-electron chi connectivity index (χ0n) is 14.6. The van der Waals surface area contributed by atoms with Crippen molar-refractivity contribution in [3.8, 4) is 5.75 Å². The first kappa shape index (κ1) is 16.1. The van der Waals surface area contributed by atoms with Gasteiger partial charge in [-0.15, -0.1) is 10.2 Å². The van der Waals surface area contributed by atoms with Gasteiger partial charge in [-0.25, -0.2) is 0 Å². The van der Waals surface area contributed by atoms with Crippen LogP contribution in [0.3, 0.4) is 0 Å². The van der Waals surface area contributed by atoms with Crippen molar-refractivity contribution in [2.45, 2.75) is 57.0 Å². The molecule has 2 heterocycles. The summed E-state index contributed by atoms with van der Waals surface area (Å²) in [5, 5.41) is 11.7. The van der Waals surface area contributed by atoms with Crippen LogP contribution in [0.1, 0.15) is 49.3 Å². The minimum absolute atomic E-state index is 0.0757. The molecule has 0 atom stereocenters. The van der Waals surface area contributed by atoms with Gasteiger partial charge in [-0.1, -0.05) is 18.6 Å². The molecular formula is C19H24N4O2. The Hall–Kier alpha value is -2.37. The van der Waals surface area contributed by atoms with Gasteiger partial charge in [-0.3, -0.25) is 4.79 Å². The number of ether oxygens (including phenoxy) is 1.